The van der Waals surface area contributed by atoms with E-state index in [1.807, 2.05) is 0 Å². The summed E-state index contributed by atoms with van der Waals surface area (Å²) in [6.45, 7) is 4.50. The molecule has 1 aliphatic heterocycles. The van der Waals surface area contributed by atoms with Crippen LogP contribution in [0.3, 0.4) is 0 Å². The van der Waals surface area contributed by atoms with Gasteiger partial charge in [-0.1, -0.05) is 116 Å². The minimum atomic E-state index is -0.0823. The first-order valence-corrected chi connectivity index (χ1v) is 17.3. The Labute approximate surface area is 290 Å². The van der Waals surface area contributed by atoms with E-state index in [1.165, 1.54) is 39.0 Å². The lowest BCUT2D eigenvalue weighted by Gasteiger charge is -2.47. The van der Waals surface area contributed by atoms with Gasteiger partial charge in [-0.25, -0.2) is 0 Å². The molecule has 0 bridgehead atoms. The summed E-state index contributed by atoms with van der Waals surface area (Å²) in [6.07, 6.45) is 20.8. The highest BCUT2D eigenvalue weighted by Crippen LogP contribution is 2.43. The van der Waals surface area contributed by atoms with Crippen LogP contribution in [0.4, 0.5) is 11.4 Å². The second kappa shape index (κ2) is 13.1. The van der Waals surface area contributed by atoms with Crippen LogP contribution in [0.2, 0.25) is 0 Å². The molecule has 0 saturated heterocycles. The largest absolute Gasteiger partial charge is 0.342 e. The summed E-state index contributed by atoms with van der Waals surface area (Å²) >= 11 is 0. The van der Waals surface area contributed by atoms with E-state index in [-0.39, 0.29) is 12.3 Å². The summed E-state index contributed by atoms with van der Waals surface area (Å²) in [7, 11) is 4.42. The van der Waals surface area contributed by atoms with E-state index >= 15 is 0 Å². The normalized spacial score (nSPS) is 20.6. The van der Waals surface area contributed by atoms with Crippen LogP contribution in [0.25, 0.3) is 28.2 Å². The Bertz CT molecular complexity index is 2190. The van der Waals surface area contributed by atoms with Gasteiger partial charge >= 0.3 is 0 Å². The molecule has 0 saturated carbocycles. The molecular formula is C45H42N4. The number of aromatic nitrogens is 1. The number of benzene rings is 4. The Kier molecular flexibility index (Phi) is 8.24. The summed E-state index contributed by atoms with van der Waals surface area (Å²) < 4.78 is 2.40. The predicted molar refractivity (Wildman–Crippen MR) is 208 cm³/mol. The van der Waals surface area contributed by atoms with Gasteiger partial charge < -0.3 is 14.4 Å². The zero-order chi connectivity index (χ0) is 33.3. The molecule has 5 aromatic rings. The molecule has 8 rings (SSSR count). The third-order valence-corrected chi connectivity index (χ3v) is 10.1. The van der Waals surface area contributed by atoms with Crippen LogP contribution in [0.15, 0.2) is 163 Å². The molecule has 2 atom stereocenters. The number of hydrogen-bond donors (Lipinski definition) is 1. The van der Waals surface area contributed by atoms with E-state index in [0.717, 1.165) is 47.3 Å². The van der Waals surface area contributed by atoms with Gasteiger partial charge in [0.25, 0.3) is 0 Å². The van der Waals surface area contributed by atoms with Crippen molar-refractivity contribution < 1.29 is 0 Å². The van der Waals surface area contributed by atoms with Crippen LogP contribution in [0.5, 0.6) is 0 Å². The molecule has 242 valence electrons. The van der Waals surface area contributed by atoms with Crippen molar-refractivity contribution in [2.45, 2.75) is 31.6 Å². The second-order valence-corrected chi connectivity index (χ2v) is 13.1. The zero-order valence-electron chi connectivity index (χ0n) is 28.3. The minimum absolute atomic E-state index is 0.0823. The molecule has 1 aromatic heterocycles. The fraction of sp³-hybridized carbons (Fsp3) is 0.156. The topological polar surface area (TPSA) is 23.4 Å². The summed E-state index contributed by atoms with van der Waals surface area (Å²) in [5, 5.41) is 5.28. The first kappa shape index (κ1) is 30.7. The molecule has 2 heterocycles. The lowest BCUT2D eigenvalue weighted by atomic mass is 9.89. The van der Waals surface area contributed by atoms with Gasteiger partial charge in [-0.15, -0.1) is 0 Å². The number of anilines is 2. The van der Waals surface area contributed by atoms with Crippen molar-refractivity contribution in [2.75, 3.05) is 23.9 Å². The number of hydrogen-bond acceptors (Lipinski definition) is 3. The Morgan fingerprint density at radius 1 is 0.816 bits per heavy atom. The maximum atomic E-state index is 4.50. The van der Waals surface area contributed by atoms with Gasteiger partial charge in [0.2, 0.25) is 0 Å². The van der Waals surface area contributed by atoms with Gasteiger partial charge in [-0.3, -0.25) is 5.32 Å². The van der Waals surface area contributed by atoms with Gasteiger partial charge in [-0.05, 0) is 84.0 Å². The first-order valence-electron chi connectivity index (χ1n) is 17.3. The average Bonchev–Trinajstić information content (AvgIpc) is 3.48. The van der Waals surface area contributed by atoms with Gasteiger partial charge in [-0.2, -0.15) is 0 Å². The number of para-hydroxylation sites is 4. The van der Waals surface area contributed by atoms with Crippen LogP contribution in [-0.2, 0) is 0 Å². The zero-order valence-corrected chi connectivity index (χ0v) is 28.3. The number of nitrogens with zero attached hydrogens (tertiary/aromatic N) is 3. The summed E-state index contributed by atoms with van der Waals surface area (Å²) in [5.41, 5.74) is 13.1. The van der Waals surface area contributed by atoms with Gasteiger partial charge in [0, 0.05) is 47.7 Å². The van der Waals surface area contributed by atoms with Crippen molar-refractivity contribution >= 4 is 33.9 Å². The van der Waals surface area contributed by atoms with Crippen LogP contribution < -0.4 is 15.1 Å². The number of rotatable bonds is 5. The van der Waals surface area contributed by atoms with Crippen molar-refractivity contribution in [3.8, 4) is 5.69 Å². The lowest BCUT2D eigenvalue weighted by molar-refractivity contribution is 0.425. The molecule has 0 amide bonds. The predicted octanol–water partition coefficient (Wildman–Crippen LogP) is 10.4. The molecule has 2 aliphatic carbocycles. The van der Waals surface area contributed by atoms with E-state index in [9.17, 15) is 0 Å². The number of fused-ring (bicyclic) bond motifs is 4. The smallest absolute Gasteiger partial charge is 0.158 e. The molecular weight excluding hydrogens is 597 g/mol. The molecule has 4 heteroatoms. The highest BCUT2D eigenvalue weighted by molar-refractivity contribution is 6.04. The molecule has 0 radical (unpaired) electrons. The van der Waals surface area contributed by atoms with Crippen molar-refractivity contribution in [1.82, 2.24) is 9.88 Å². The minimum Gasteiger partial charge on any atom is -0.342 e. The molecule has 4 nitrogen and oxygen atoms in total. The fourth-order valence-corrected chi connectivity index (χ4v) is 7.77. The summed E-state index contributed by atoms with van der Waals surface area (Å²) in [4.78, 5) is 4.78. The van der Waals surface area contributed by atoms with Crippen molar-refractivity contribution in [3.63, 3.8) is 0 Å². The lowest BCUT2D eigenvalue weighted by Crippen LogP contribution is -2.59. The van der Waals surface area contributed by atoms with E-state index in [2.05, 4.69) is 192 Å². The van der Waals surface area contributed by atoms with Crippen LogP contribution in [0, 0.1) is 0 Å². The van der Waals surface area contributed by atoms with Gasteiger partial charge in [0.05, 0.1) is 17.3 Å². The maximum absolute atomic E-state index is 4.50. The summed E-state index contributed by atoms with van der Waals surface area (Å²) in [6, 6.07) is 37.3. The molecule has 2 unspecified atom stereocenters. The van der Waals surface area contributed by atoms with Gasteiger partial charge in [0.15, 0.2) is 6.29 Å². The van der Waals surface area contributed by atoms with E-state index < -0.39 is 0 Å². The molecule has 0 fully saturated rings. The Morgan fingerprint density at radius 2 is 1.57 bits per heavy atom. The average molecular weight is 639 g/mol. The molecule has 0 spiro atoms. The molecule has 1 N–H and O–H groups in total. The SMILES string of the molecule is C=C1/C=C\CC=Cc2c(c3ccccc3n2-c2ccccc2)/C(c2ccccc2N(C)C2NC(C3=CC=CCC3)c3ccccc3N2C)=C\1. The highest BCUT2D eigenvalue weighted by Gasteiger charge is 2.35. The van der Waals surface area contributed by atoms with Crippen LogP contribution in [0.1, 0.15) is 47.7 Å². The number of allylic oxidation sites excluding steroid dienone is 8. The van der Waals surface area contributed by atoms with Crippen molar-refractivity contribution in [2.24, 2.45) is 0 Å². The number of nitrogens with one attached hydrogen (secondary N) is 1. The van der Waals surface area contributed by atoms with Gasteiger partial charge in [0.1, 0.15) is 0 Å². The monoisotopic (exact) mass is 638 g/mol. The van der Waals surface area contributed by atoms with Crippen LogP contribution >= 0.6 is 0 Å². The van der Waals surface area contributed by atoms with Crippen molar-refractivity contribution in [1.29, 1.82) is 0 Å². The first-order chi connectivity index (χ1) is 24.1. The van der Waals surface area contributed by atoms with Crippen LogP contribution in [-0.4, -0.2) is 25.0 Å². The van der Waals surface area contributed by atoms with E-state index in [4.69, 9.17) is 0 Å². The quantitative estimate of drug-likeness (QED) is 0.207. The standard InChI is InChI=1S/C45H42N4/c1-32-19-7-4-12-30-42-43(36-25-14-18-29-41(36)49(42)34-22-10-6-11-23-34)38(31-32)35-24-13-16-27-39(35)47(2)45-46-44(33-20-8-5-9-21-33)37-26-15-17-28-40(37)48(45)3/h5-8,10-20,22-31,44-46H,1,4,9,21H2,2-3H3/b19-7-,30-12?,38-31-. The third kappa shape index (κ3) is 5.58. The third-order valence-electron chi connectivity index (χ3n) is 10.1. The molecule has 4 aromatic carbocycles. The molecule has 3 aliphatic rings. The fourth-order valence-electron chi connectivity index (χ4n) is 7.77. The summed E-state index contributed by atoms with van der Waals surface area (Å²) in [5.74, 6) is 0. The Balaban J connectivity index is 1.31. The maximum Gasteiger partial charge on any atom is 0.158 e. The molecule has 49 heavy (non-hydrogen) atoms. The Hall–Kier alpha value is -5.58. The Morgan fingerprint density at radius 3 is 2.43 bits per heavy atom. The van der Waals surface area contributed by atoms with Crippen molar-refractivity contribution in [3.05, 3.63) is 186 Å². The van der Waals surface area contributed by atoms with E-state index in [1.54, 1.807) is 0 Å². The van der Waals surface area contributed by atoms with E-state index in [0.29, 0.717) is 0 Å². The highest BCUT2D eigenvalue weighted by atomic mass is 15.5. The second-order valence-electron chi connectivity index (χ2n) is 13.1.